The second-order valence-electron chi connectivity index (χ2n) is 6.56. The fourth-order valence-electron chi connectivity index (χ4n) is 2.36. The van der Waals surface area contributed by atoms with Crippen molar-refractivity contribution in [2.45, 2.75) is 20.5 Å². The molecule has 2 aromatic carbocycles. The van der Waals surface area contributed by atoms with Crippen LogP contribution in [0, 0.1) is 15.5 Å². The number of hydrogen-bond acceptors (Lipinski definition) is 5. The average molecular weight is 372 g/mol. The van der Waals surface area contributed by atoms with E-state index >= 15 is 0 Å². The van der Waals surface area contributed by atoms with Crippen LogP contribution in [0.4, 0.5) is 16.2 Å². The molecule has 0 aromatic heterocycles. The summed E-state index contributed by atoms with van der Waals surface area (Å²) in [4.78, 5) is 35.9. The summed E-state index contributed by atoms with van der Waals surface area (Å²) in [5.74, 6) is -1.14. The number of nitrogens with zero attached hydrogens (tertiary/aromatic N) is 2. The third-order valence-corrected chi connectivity index (χ3v) is 3.93. The summed E-state index contributed by atoms with van der Waals surface area (Å²) in [6.07, 6.45) is -0.859. The highest BCUT2D eigenvalue weighted by molar-refractivity contribution is 5.92. The quantitative estimate of drug-likeness (QED) is 0.584. The van der Waals surface area contributed by atoms with Gasteiger partial charge < -0.3 is 9.84 Å². The minimum Gasteiger partial charge on any atom is -0.481 e. The van der Waals surface area contributed by atoms with E-state index in [2.05, 4.69) is 0 Å². The number of hydrogen-bond donors (Lipinski definition) is 1. The highest BCUT2D eigenvalue weighted by Gasteiger charge is 2.35. The first kappa shape index (κ1) is 19.9. The van der Waals surface area contributed by atoms with Gasteiger partial charge in [0.2, 0.25) is 0 Å². The lowest BCUT2D eigenvalue weighted by atomic mass is 9.93. The number of amides is 1. The molecular formula is C19H20N2O6. The monoisotopic (exact) mass is 372 g/mol. The highest BCUT2D eigenvalue weighted by Crippen LogP contribution is 2.31. The number of ether oxygens (including phenoxy) is 1. The van der Waals surface area contributed by atoms with E-state index in [4.69, 9.17) is 4.74 Å². The molecule has 0 atom stereocenters. The average Bonchev–Trinajstić information content (AvgIpc) is 2.65. The van der Waals surface area contributed by atoms with Crippen molar-refractivity contribution in [2.24, 2.45) is 5.41 Å². The molecule has 0 fully saturated rings. The van der Waals surface area contributed by atoms with Crippen molar-refractivity contribution in [3.05, 3.63) is 70.3 Å². The van der Waals surface area contributed by atoms with Gasteiger partial charge in [0.05, 0.1) is 10.3 Å². The van der Waals surface area contributed by atoms with Crippen LogP contribution in [-0.4, -0.2) is 28.6 Å². The number of carboxylic acid groups (broad SMARTS) is 1. The predicted molar refractivity (Wildman–Crippen MR) is 98.5 cm³/mol. The van der Waals surface area contributed by atoms with Crippen molar-refractivity contribution in [1.82, 2.24) is 0 Å². The van der Waals surface area contributed by atoms with Crippen LogP contribution >= 0.6 is 0 Å². The third kappa shape index (κ3) is 5.04. The first-order valence-corrected chi connectivity index (χ1v) is 8.17. The lowest BCUT2D eigenvalue weighted by Crippen LogP contribution is -2.43. The summed E-state index contributed by atoms with van der Waals surface area (Å²) >= 11 is 0. The van der Waals surface area contributed by atoms with Gasteiger partial charge in [0, 0.05) is 12.6 Å². The molecule has 0 saturated heterocycles. The van der Waals surface area contributed by atoms with E-state index in [-0.39, 0.29) is 24.5 Å². The molecule has 1 amide bonds. The zero-order chi connectivity index (χ0) is 20.0. The molecule has 0 spiro atoms. The first-order valence-electron chi connectivity index (χ1n) is 8.17. The number of aliphatic carboxylic acids is 1. The molecular weight excluding hydrogens is 352 g/mol. The Hall–Kier alpha value is -3.42. The number of nitro benzene ring substituents is 1. The van der Waals surface area contributed by atoms with Gasteiger partial charge in [-0.15, -0.1) is 0 Å². The summed E-state index contributed by atoms with van der Waals surface area (Å²) in [7, 11) is 0. The zero-order valence-electron chi connectivity index (χ0n) is 15.0. The maximum Gasteiger partial charge on any atom is 0.414 e. The van der Waals surface area contributed by atoms with E-state index in [0.717, 1.165) is 10.5 Å². The second kappa shape index (κ2) is 8.31. The number of nitro groups is 1. The largest absolute Gasteiger partial charge is 0.481 e. The minimum absolute atomic E-state index is 0.0186. The fraction of sp³-hybridized carbons (Fsp3) is 0.263. The van der Waals surface area contributed by atoms with Gasteiger partial charge in [-0.3, -0.25) is 19.8 Å². The molecule has 0 aliphatic rings. The van der Waals surface area contributed by atoms with Crippen molar-refractivity contribution in [1.29, 1.82) is 0 Å². The number of para-hydroxylation sites is 2. The number of carboxylic acids is 1. The number of carbonyl (C=O) groups excluding carboxylic acids is 1. The summed E-state index contributed by atoms with van der Waals surface area (Å²) in [6.45, 7) is 2.54. The number of benzene rings is 2. The lowest BCUT2D eigenvalue weighted by Gasteiger charge is -2.29. The Bertz CT molecular complexity index is 835. The smallest absolute Gasteiger partial charge is 0.414 e. The number of carbonyl (C=O) groups is 2. The maximum atomic E-state index is 12.7. The summed E-state index contributed by atoms with van der Waals surface area (Å²) in [5, 5.41) is 20.7. The van der Waals surface area contributed by atoms with E-state index in [9.17, 15) is 24.8 Å². The zero-order valence-corrected chi connectivity index (χ0v) is 15.0. The Morgan fingerprint density at radius 3 is 2.30 bits per heavy atom. The number of anilines is 1. The molecule has 0 aliphatic heterocycles. The third-order valence-electron chi connectivity index (χ3n) is 3.93. The van der Waals surface area contributed by atoms with E-state index < -0.39 is 22.4 Å². The molecule has 0 saturated carbocycles. The van der Waals surface area contributed by atoms with Gasteiger partial charge in [-0.25, -0.2) is 4.79 Å². The van der Waals surface area contributed by atoms with Crippen LogP contribution in [-0.2, 0) is 16.1 Å². The Morgan fingerprint density at radius 2 is 1.70 bits per heavy atom. The van der Waals surface area contributed by atoms with Crippen LogP contribution in [0.3, 0.4) is 0 Å². The molecule has 0 radical (unpaired) electrons. The molecule has 0 bridgehead atoms. The van der Waals surface area contributed by atoms with Crippen molar-refractivity contribution in [3.8, 4) is 0 Å². The van der Waals surface area contributed by atoms with Gasteiger partial charge in [0.25, 0.3) is 5.69 Å². The molecule has 27 heavy (non-hydrogen) atoms. The predicted octanol–water partition coefficient (Wildman–Crippen LogP) is 3.85. The molecule has 2 aromatic rings. The molecule has 8 nitrogen and oxygen atoms in total. The van der Waals surface area contributed by atoms with Crippen molar-refractivity contribution in [2.75, 3.05) is 11.4 Å². The van der Waals surface area contributed by atoms with E-state index in [1.807, 2.05) is 6.07 Å². The molecule has 1 N–H and O–H groups in total. The van der Waals surface area contributed by atoms with Crippen LogP contribution in [0.2, 0.25) is 0 Å². The molecule has 0 aliphatic carbocycles. The molecule has 0 heterocycles. The maximum absolute atomic E-state index is 12.7. The molecule has 142 valence electrons. The van der Waals surface area contributed by atoms with Gasteiger partial charge in [-0.05, 0) is 25.5 Å². The van der Waals surface area contributed by atoms with Crippen LogP contribution < -0.4 is 4.90 Å². The van der Waals surface area contributed by atoms with Gasteiger partial charge in [0.1, 0.15) is 12.3 Å². The minimum atomic E-state index is -1.34. The number of rotatable bonds is 7. The fourth-order valence-corrected chi connectivity index (χ4v) is 2.36. The van der Waals surface area contributed by atoms with Crippen LogP contribution in [0.15, 0.2) is 54.6 Å². The normalized spacial score (nSPS) is 10.9. The van der Waals surface area contributed by atoms with E-state index in [1.54, 1.807) is 24.3 Å². The van der Waals surface area contributed by atoms with E-state index in [1.165, 1.54) is 38.1 Å². The Balaban J connectivity index is 2.33. The molecule has 8 heteroatoms. The second-order valence-corrected chi connectivity index (χ2v) is 6.56. The van der Waals surface area contributed by atoms with Crippen LogP contribution in [0.5, 0.6) is 0 Å². The lowest BCUT2D eigenvalue weighted by molar-refractivity contribution is -0.384. The Kier molecular flexibility index (Phi) is 6.12. The molecule has 0 unspecified atom stereocenters. The highest BCUT2D eigenvalue weighted by atomic mass is 16.6. The first-order chi connectivity index (χ1) is 12.7. The van der Waals surface area contributed by atoms with E-state index in [0.29, 0.717) is 0 Å². The molecule has 2 rings (SSSR count). The van der Waals surface area contributed by atoms with Crippen molar-refractivity contribution >= 4 is 23.4 Å². The Morgan fingerprint density at radius 1 is 1.11 bits per heavy atom. The van der Waals surface area contributed by atoms with Gasteiger partial charge in [-0.2, -0.15) is 0 Å². The summed E-state index contributed by atoms with van der Waals surface area (Å²) in [6, 6.07) is 14.6. The standard InChI is InChI=1S/C19H20N2O6/c1-19(2,17(22)23)13-20(15-10-6-7-11-16(15)21(25)26)18(24)27-12-14-8-4-3-5-9-14/h3-11H,12-13H2,1-2H3,(H,22,23). The van der Waals surface area contributed by atoms with Crippen molar-refractivity contribution in [3.63, 3.8) is 0 Å². The SMILES string of the molecule is CC(C)(CN(C(=O)OCc1ccccc1)c1ccccc1[N+](=O)[O-])C(=O)O. The summed E-state index contributed by atoms with van der Waals surface area (Å²) in [5.41, 5.74) is -0.925. The van der Waals surface area contributed by atoms with Crippen molar-refractivity contribution < 1.29 is 24.4 Å². The Labute approximate surface area is 156 Å². The van der Waals surface area contributed by atoms with Crippen LogP contribution in [0.25, 0.3) is 0 Å². The summed E-state index contributed by atoms with van der Waals surface area (Å²) < 4.78 is 5.28. The van der Waals surface area contributed by atoms with Gasteiger partial charge >= 0.3 is 12.1 Å². The topological polar surface area (TPSA) is 110 Å². The van der Waals surface area contributed by atoms with Gasteiger partial charge in [-0.1, -0.05) is 42.5 Å². The van der Waals surface area contributed by atoms with Crippen LogP contribution in [0.1, 0.15) is 19.4 Å². The van der Waals surface area contributed by atoms with Gasteiger partial charge in [0.15, 0.2) is 0 Å².